The first-order valence-electron chi connectivity index (χ1n) is 10.9. The summed E-state index contributed by atoms with van der Waals surface area (Å²) in [5, 5.41) is 8.29. The molecule has 2 aliphatic carbocycles. The fourth-order valence-corrected chi connectivity index (χ4v) is 5.03. The van der Waals surface area contributed by atoms with E-state index in [2.05, 4.69) is 48.7 Å². The van der Waals surface area contributed by atoms with E-state index in [0.717, 1.165) is 12.8 Å². The molecule has 0 atom stereocenters. The Kier molecular flexibility index (Phi) is 6.95. The summed E-state index contributed by atoms with van der Waals surface area (Å²) >= 11 is 0. The average Bonchev–Trinajstić information content (AvgIpc) is 2.69. The first-order valence-corrected chi connectivity index (χ1v) is 10.9. The molecule has 3 rings (SSSR count). The molecule has 1 aromatic rings. The zero-order valence-electron chi connectivity index (χ0n) is 16.4. The Labute approximate surface area is 155 Å². The van der Waals surface area contributed by atoms with E-state index in [4.69, 9.17) is 0 Å². The summed E-state index contributed by atoms with van der Waals surface area (Å²) in [6, 6.07) is 10.4. The Morgan fingerprint density at radius 3 is 1.80 bits per heavy atom. The van der Waals surface area contributed by atoms with E-state index >= 15 is 0 Å². The van der Waals surface area contributed by atoms with E-state index in [1.807, 2.05) is 0 Å². The second kappa shape index (κ2) is 9.19. The highest BCUT2D eigenvalue weighted by molar-refractivity contribution is 5.34. The smallest absolute Gasteiger partial charge is 0.0954 e. The number of benzene rings is 1. The predicted molar refractivity (Wildman–Crippen MR) is 108 cm³/mol. The fraction of sp³-hybridized carbons (Fsp3) is 0.739. The summed E-state index contributed by atoms with van der Waals surface area (Å²) in [7, 11) is 0. The lowest BCUT2D eigenvalue weighted by atomic mass is 9.85. The van der Waals surface area contributed by atoms with Crippen LogP contribution in [0.2, 0.25) is 0 Å². The third-order valence-corrected chi connectivity index (χ3v) is 6.50. The van der Waals surface area contributed by atoms with Gasteiger partial charge in [-0.15, -0.1) is 0 Å². The molecule has 140 valence electrons. The summed E-state index contributed by atoms with van der Waals surface area (Å²) in [6.07, 6.45) is 15.9. The summed E-state index contributed by atoms with van der Waals surface area (Å²) in [5.74, 6) is 0. The number of nitrogens with one attached hydrogen (secondary N) is 2. The van der Waals surface area contributed by atoms with E-state index in [9.17, 15) is 0 Å². The van der Waals surface area contributed by atoms with Gasteiger partial charge in [0.05, 0.1) is 5.66 Å². The van der Waals surface area contributed by atoms with Gasteiger partial charge in [0.1, 0.15) is 0 Å². The van der Waals surface area contributed by atoms with Gasteiger partial charge in [0.25, 0.3) is 0 Å². The molecular weight excluding hydrogens is 304 g/mol. The number of aryl methyl sites for hydroxylation is 1. The zero-order valence-corrected chi connectivity index (χ0v) is 16.4. The van der Waals surface area contributed by atoms with E-state index in [1.54, 1.807) is 0 Å². The normalized spacial score (nSPS) is 20.7. The van der Waals surface area contributed by atoms with Crippen LogP contribution in [0.5, 0.6) is 0 Å². The van der Waals surface area contributed by atoms with Gasteiger partial charge >= 0.3 is 0 Å². The monoisotopic (exact) mass is 342 g/mol. The number of rotatable bonds is 7. The molecule has 25 heavy (non-hydrogen) atoms. The standard InChI is InChI=1S/C23H38N2/c1-3-19-13-11-12-18-22(19)23(4-2,24-20-14-7-5-8-15-20)25-21-16-9-6-10-17-21/h11-13,18,20-21,24-25H,3-10,14-17H2,1-2H3. The highest BCUT2D eigenvalue weighted by atomic mass is 15.2. The molecule has 0 heterocycles. The van der Waals surface area contributed by atoms with Crippen LogP contribution >= 0.6 is 0 Å². The Morgan fingerprint density at radius 2 is 1.32 bits per heavy atom. The van der Waals surface area contributed by atoms with Gasteiger partial charge in [0.15, 0.2) is 0 Å². The van der Waals surface area contributed by atoms with Gasteiger partial charge in [0.2, 0.25) is 0 Å². The maximum absolute atomic E-state index is 4.15. The zero-order chi connectivity index (χ0) is 17.5. The van der Waals surface area contributed by atoms with Crippen LogP contribution in [0.25, 0.3) is 0 Å². The molecule has 2 fully saturated rings. The quantitative estimate of drug-likeness (QED) is 0.625. The molecule has 0 aromatic heterocycles. The summed E-state index contributed by atoms with van der Waals surface area (Å²) in [6.45, 7) is 4.65. The van der Waals surface area contributed by atoms with Gasteiger partial charge in [-0.2, -0.15) is 0 Å². The summed E-state index contributed by atoms with van der Waals surface area (Å²) in [4.78, 5) is 0. The largest absolute Gasteiger partial charge is 0.293 e. The lowest BCUT2D eigenvalue weighted by molar-refractivity contribution is 0.159. The van der Waals surface area contributed by atoms with Crippen LogP contribution in [0.4, 0.5) is 0 Å². The fourth-order valence-electron chi connectivity index (χ4n) is 5.03. The molecule has 0 spiro atoms. The van der Waals surface area contributed by atoms with Gasteiger partial charge in [-0.1, -0.05) is 76.6 Å². The van der Waals surface area contributed by atoms with Crippen LogP contribution in [0.3, 0.4) is 0 Å². The lowest BCUT2D eigenvalue weighted by Crippen LogP contribution is -2.60. The SMILES string of the molecule is CCc1ccccc1C(CC)(NC1CCCCC1)NC1CCCCC1. The maximum atomic E-state index is 4.15. The molecule has 2 nitrogen and oxygen atoms in total. The molecule has 2 aliphatic rings. The van der Waals surface area contributed by atoms with E-state index in [0.29, 0.717) is 12.1 Å². The van der Waals surface area contributed by atoms with Gasteiger partial charge in [-0.3, -0.25) is 10.6 Å². The lowest BCUT2D eigenvalue weighted by Gasteiger charge is -2.44. The van der Waals surface area contributed by atoms with E-state index in [-0.39, 0.29) is 5.66 Å². The molecule has 0 aliphatic heterocycles. The molecular formula is C23H38N2. The van der Waals surface area contributed by atoms with Crippen molar-refractivity contribution in [1.82, 2.24) is 10.6 Å². The Bertz CT molecular complexity index is 493. The predicted octanol–water partition coefficient (Wildman–Crippen LogP) is 5.66. The minimum atomic E-state index is -0.0589. The molecule has 2 saturated carbocycles. The van der Waals surface area contributed by atoms with Crippen molar-refractivity contribution >= 4 is 0 Å². The van der Waals surface area contributed by atoms with Crippen LogP contribution in [-0.4, -0.2) is 12.1 Å². The number of hydrogen-bond donors (Lipinski definition) is 2. The Balaban J connectivity index is 1.89. The molecule has 0 unspecified atom stereocenters. The molecule has 1 aromatic carbocycles. The third-order valence-electron chi connectivity index (χ3n) is 6.50. The maximum Gasteiger partial charge on any atom is 0.0954 e. The van der Waals surface area contributed by atoms with E-state index < -0.39 is 0 Å². The van der Waals surface area contributed by atoms with Crippen molar-refractivity contribution in [1.29, 1.82) is 0 Å². The minimum Gasteiger partial charge on any atom is -0.293 e. The average molecular weight is 343 g/mol. The molecule has 2 heteroatoms. The molecule has 0 bridgehead atoms. The molecule has 2 N–H and O–H groups in total. The first-order chi connectivity index (χ1) is 12.3. The van der Waals surface area contributed by atoms with Crippen LogP contribution in [0, 0.1) is 0 Å². The number of hydrogen-bond acceptors (Lipinski definition) is 2. The molecule has 0 amide bonds. The second-order valence-corrected chi connectivity index (χ2v) is 8.23. The molecule has 0 saturated heterocycles. The van der Waals surface area contributed by atoms with Crippen molar-refractivity contribution in [2.45, 2.75) is 109 Å². The first kappa shape index (κ1) is 18.9. The van der Waals surface area contributed by atoms with Gasteiger partial charge in [0, 0.05) is 12.1 Å². The van der Waals surface area contributed by atoms with Crippen molar-refractivity contribution in [3.63, 3.8) is 0 Å². The van der Waals surface area contributed by atoms with E-state index in [1.165, 1.54) is 75.3 Å². The molecule has 0 radical (unpaired) electrons. The highest BCUT2D eigenvalue weighted by Crippen LogP contribution is 2.32. The van der Waals surface area contributed by atoms with Gasteiger partial charge < -0.3 is 0 Å². The van der Waals surface area contributed by atoms with Crippen molar-refractivity contribution < 1.29 is 0 Å². The summed E-state index contributed by atoms with van der Waals surface area (Å²) < 4.78 is 0. The Morgan fingerprint density at radius 1 is 0.800 bits per heavy atom. The van der Waals surface area contributed by atoms with Crippen LogP contribution < -0.4 is 10.6 Å². The van der Waals surface area contributed by atoms with Crippen molar-refractivity contribution in [3.05, 3.63) is 35.4 Å². The minimum absolute atomic E-state index is 0.0589. The van der Waals surface area contributed by atoms with Gasteiger partial charge in [-0.05, 0) is 49.7 Å². The van der Waals surface area contributed by atoms with Gasteiger partial charge in [-0.25, -0.2) is 0 Å². The van der Waals surface area contributed by atoms with Crippen molar-refractivity contribution in [2.24, 2.45) is 0 Å². The Hall–Kier alpha value is -0.860. The summed E-state index contributed by atoms with van der Waals surface area (Å²) in [5.41, 5.74) is 2.93. The van der Waals surface area contributed by atoms with Crippen LogP contribution in [-0.2, 0) is 12.1 Å². The van der Waals surface area contributed by atoms with Crippen molar-refractivity contribution in [2.75, 3.05) is 0 Å². The second-order valence-electron chi connectivity index (χ2n) is 8.23. The highest BCUT2D eigenvalue weighted by Gasteiger charge is 2.36. The van der Waals surface area contributed by atoms with Crippen LogP contribution in [0.15, 0.2) is 24.3 Å². The van der Waals surface area contributed by atoms with Crippen LogP contribution in [0.1, 0.15) is 95.6 Å². The van der Waals surface area contributed by atoms with Crippen molar-refractivity contribution in [3.8, 4) is 0 Å². The topological polar surface area (TPSA) is 24.1 Å². The third kappa shape index (κ3) is 4.65.